The van der Waals surface area contributed by atoms with Crippen molar-refractivity contribution in [3.63, 3.8) is 0 Å². The molecule has 4 rings (SSSR count). The molecule has 2 N–H and O–H groups in total. The monoisotopic (exact) mass is 382 g/mol. The van der Waals surface area contributed by atoms with Crippen molar-refractivity contribution >= 4 is 32.5 Å². The maximum Gasteiger partial charge on any atom is 0.238 e. The SMILES string of the molecule is Cc1cc2nnc3c(c2cc1C)N(Cc1ccc(S(N)(=O)=O)cc1)C(=O)C3. The summed E-state index contributed by atoms with van der Waals surface area (Å²) in [7, 11) is -3.74. The lowest BCUT2D eigenvalue weighted by molar-refractivity contribution is -0.117. The van der Waals surface area contributed by atoms with E-state index in [1.54, 1.807) is 17.0 Å². The Labute approximate surface area is 156 Å². The zero-order valence-electron chi connectivity index (χ0n) is 14.9. The Kier molecular flexibility index (Phi) is 3.97. The summed E-state index contributed by atoms with van der Waals surface area (Å²) < 4.78 is 22.8. The minimum atomic E-state index is -3.74. The molecular weight excluding hydrogens is 364 g/mol. The lowest BCUT2D eigenvalue weighted by Gasteiger charge is -2.19. The molecule has 0 radical (unpaired) electrons. The number of nitrogens with zero attached hydrogens (tertiary/aromatic N) is 3. The van der Waals surface area contributed by atoms with Gasteiger partial charge in [0.05, 0.1) is 34.8 Å². The third kappa shape index (κ3) is 3.07. The molecule has 0 saturated carbocycles. The maximum absolute atomic E-state index is 12.6. The van der Waals surface area contributed by atoms with Gasteiger partial charge in [-0.3, -0.25) is 4.79 Å². The van der Waals surface area contributed by atoms with Crippen LogP contribution in [0.2, 0.25) is 0 Å². The fraction of sp³-hybridized carbons (Fsp3) is 0.211. The number of aryl methyl sites for hydroxylation is 2. The molecule has 8 heteroatoms. The Balaban J connectivity index is 1.77. The summed E-state index contributed by atoms with van der Waals surface area (Å²) in [6, 6.07) is 10.2. The minimum Gasteiger partial charge on any atom is -0.305 e. The van der Waals surface area contributed by atoms with Crippen LogP contribution in [0.5, 0.6) is 0 Å². The lowest BCUT2D eigenvalue weighted by Crippen LogP contribution is -2.26. The molecule has 3 aromatic rings. The van der Waals surface area contributed by atoms with Gasteiger partial charge in [-0.05, 0) is 54.8 Å². The van der Waals surface area contributed by atoms with Gasteiger partial charge in [-0.15, -0.1) is 0 Å². The number of carbonyl (C=O) groups is 1. The number of anilines is 1. The fourth-order valence-electron chi connectivity index (χ4n) is 3.31. The van der Waals surface area contributed by atoms with Crippen LogP contribution in [0.3, 0.4) is 0 Å². The minimum absolute atomic E-state index is 0.0433. The molecule has 138 valence electrons. The van der Waals surface area contributed by atoms with Crippen molar-refractivity contribution in [2.45, 2.75) is 31.7 Å². The Morgan fingerprint density at radius 3 is 2.41 bits per heavy atom. The summed E-state index contributed by atoms with van der Waals surface area (Å²) in [6.07, 6.45) is 0.209. The fourth-order valence-corrected chi connectivity index (χ4v) is 3.82. The van der Waals surface area contributed by atoms with E-state index in [1.807, 2.05) is 26.0 Å². The van der Waals surface area contributed by atoms with Gasteiger partial charge in [0.15, 0.2) is 0 Å². The molecule has 0 saturated heterocycles. The van der Waals surface area contributed by atoms with Crippen LogP contribution in [0.25, 0.3) is 10.9 Å². The number of benzene rings is 2. The third-order valence-corrected chi connectivity index (χ3v) is 5.83. The van der Waals surface area contributed by atoms with Gasteiger partial charge in [0.25, 0.3) is 0 Å². The van der Waals surface area contributed by atoms with Crippen LogP contribution in [0.1, 0.15) is 22.4 Å². The van der Waals surface area contributed by atoms with Gasteiger partial charge < -0.3 is 4.90 Å². The first-order chi connectivity index (χ1) is 12.7. The van der Waals surface area contributed by atoms with E-state index >= 15 is 0 Å². The molecular formula is C19H18N4O3S. The van der Waals surface area contributed by atoms with Crippen LogP contribution in [-0.2, 0) is 27.8 Å². The molecule has 1 aliphatic heterocycles. The highest BCUT2D eigenvalue weighted by molar-refractivity contribution is 7.89. The van der Waals surface area contributed by atoms with Crippen molar-refractivity contribution in [1.29, 1.82) is 0 Å². The van der Waals surface area contributed by atoms with E-state index in [0.717, 1.165) is 33.3 Å². The predicted molar refractivity (Wildman–Crippen MR) is 102 cm³/mol. The predicted octanol–water partition coefficient (Wildman–Crippen LogP) is 1.98. The third-order valence-electron chi connectivity index (χ3n) is 4.90. The number of hydrogen-bond donors (Lipinski definition) is 1. The van der Waals surface area contributed by atoms with Gasteiger partial charge in [0.2, 0.25) is 15.9 Å². The molecule has 0 spiro atoms. The number of sulfonamides is 1. The number of aromatic nitrogens is 2. The number of primary sulfonamides is 1. The van der Waals surface area contributed by atoms with Crippen molar-refractivity contribution in [1.82, 2.24) is 10.2 Å². The van der Waals surface area contributed by atoms with Crippen LogP contribution in [0.15, 0.2) is 41.3 Å². The number of carbonyl (C=O) groups excluding carboxylic acids is 1. The Morgan fingerprint density at radius 2 is 1.74 bits per heavy atom. The van der Waals surface area contributed by atoms with E-state index in [1.165, 1.54) is 12.1 Å². The number of rotatable bonds is 3. The molecule has 7 nitrogen and oxygen atoms in total. The van der Waals surface area contributed by atoms with Crippen molar-refractivity contribution in [2.24, 2.45) is 5.14 Å². The summed E-state index contributed by atoms with van der Waals surface area (Å²) in [4.78, 5) is 14.3. The zero-order chi connectivity index (χ0) is 19.3. The van der Waals surface area contributed by atoms with E-state index in [0.29, 0.717) is 12.2 Å². The maximum atomic E-state index is 12.6. The second-order valence-corrected chi connectivity index (χ2v) is 8.36. The largest absolute Gasteiger partial charge is 0.305 e. The molecule has 0 aliphatic carbocycles. The molecule has 0 atom stereocenters. The molecule has 27 heavy (non-hydrogen) atoms. The Bertz CT molecular complexity index is 1190. The quantitative estimate of drug-likeness (QED) is 0.745. The molecule has 1 amide bonds. The van der Waals surface area contributed by atoms with Gasteiger partial charge >= 0.3 is 0 Å². The van der Waals surface area contributed by atoms with Gasteiger partial charge in [-0.25, -0.2) is 13.6 Å². The molecule has 2 heterocycles. The van der Waals surface area contributed by atoms with Crippen molar-refractivity contribution in [3.05, 3.63) is 58.8 Å². The number of fused-ring (bicyclic) bond motifs is 3. The number of hydrogen-bond acceptors (Lipinski definition) is 5. The average molecular weight is 382 g/mol. The average Bonchev–Trinajstić information content (AvgIpc) is 2.92. The van der Waals surface area contributed by atoms with E-state index in [4.69, 9.17) is 5.14 Å². The molecule has 0 unspecified atom stereocenters. The van der Waals surface area contributed by atoms with Crippen LogP contribution in [0, 0.1) is 13.8 Å². The second kappa shape index (κ2) is 6.11. The first-order valence-corrected chi connectivity index (χ1v) is 9.97. The highest BCUT2D eigenvalue weighted by Gasteiger charge is 2.31. The Morgan fingerprint density at radius 1 is 1.07 bits per heavy atom. The van der Waals surface area contributed by atoms with Gasteiger partial charge in [-0.2, -0.15) is 10.2 Å². The van der Waals surface area contributed by atoms with Gasteiger partial charge in [0.1, 0.15) is 0 Å². The van der Waals surface area contributed by atoms with Crippen LogP contribution < -0.4 is 10.0 Å². The number of amides is 1. The summed E-state index contributed by atoms with van der Waals surface area (Å²) >= 11 is 0. The highest BCUT2D eigenvalue weighted by Crippen LogP contribution is 2.36. The van der Waals surface area contributed by atoms with Crippen molar-refractivity contribution < 1.29 is 13.2 Å². The number of nitrogens with two attached hydrogens (primary N) is 1. The van der Waals surface area contributed by atoms with E-state index in [-0.39, 0.29) is 17.2 Å². The first-order valence-electron chi connectivity index (χ1n) is 8.42. The van der Waals surface area contributed by atoms with E-state index in [2.05, 4.69) is 10.2 Å². The van der Waals surface area contributed by atoms with Gasteiger partial charge in [0, 0.05) is 5.39 Å². The van der Waals surface area contributed by atoms with Crippen molar-refractivity contribution in [2.75, 3.05) is 4.90 Å². The van der Waals surface area contributed by atoms with Crippen LogP contribution >= 0.6 is 0 Å². The molecule has 2 aromatic carbocycles. The molecule has 1 aliphatic rings. The molecule has 0 fully saturated rings. The van der Waals surface area contributed by atoms with Crippen LogP contribution in [0.4, 0.5) is 5.69 Å². The van der Waals surface area contributed by atoms with E-state index in [9.17, 15) is 13.2 Å². The lowest BCUT2D eigenvalue weighted by atomic mass is 10.0. The smallest absolute Gasteiger partial charge is 0.238 e. The topological polar surface area (TPSA) is 106 Å². The second-order valence-electron chi connectivity index (χ2n) is 6.79. The summed E-state index contributed by atoms with van der Waals surface area (Å²) in [6.45, 7) is 4.36. The summed E-state index contributed by atoms with van der Waals surface area (Å²) in [5, 5.41) is 14.5. The molecule has 0 bridgehead atoms. The van der Waals surface area contributed by atoms with Gasteiger partial charge in [-0.1, -0.05) is 12.1 Å². The van der Waals surface area contributed by atoms with Crippen molar-refractivity contribution in [3.8, 4) is 0 Å². The summed E-state index contributed by atoms with van der Waals surface area (Å²) in [5.74, 6) is -0.0550. The van der Waals surface area contributed by atoms with E-state index < -0.39 is 10.0 Å². The molecule has 1 aromatic heterocycles. The standard InChI is InChI=1S/C19H18N4O3S/c1-11-7-15-16(8-12(11)2)21-22-17-9-18(24)23(19(15)17)10-13-3-5-14(6-4-13)27(20,25)26/h3-8H,9-10H2,1-2H3,(H2,20,25,26). The Hall–Kier alpha value is -2.84. The normalized spacial score (nSPS) is 14.0. The highest BCUT2D eigenvalue weighted by atomic mass is 32.2. The zero-order valence-corrected chi connectivity index (χ0v) is 15.7. The first kappa shape index (κ1) is 17.6. The van der Waals surface area contributed by atoms with Crippen LogP contribution in [-0.4, -0.2) is 24.5 Å². The summed E-state index contributed by atoms with van der Waals surface area (Å²) in [5.41, 5.74) is 5.24.